The van der Waals surface area contributed by atoms with Gasteiger partial charge in [-0.05, 0) is 42.3 Å². The average molecular weight is 499 g/mol. The molecular weight excluding hydrogens is 478 g/mol. The molecule has 8 nitrogen and oxygen atoms in total. The third-order valence-electron chi connectivity index (χ3n) is 5.45. The number of hydrogen-bond donors (Lipinski definition) is 2. The Morgan fingerprint density at radius 3 is 2.50 bits per heavy atom. The predicted octanol–water partition coefficient (Wildman–Crippen LogP) is 3.86. The lowest BCUT2D eigenvalue weighted by molar-refractivity contribution is -0.140. The number of aryl methyl sites for hydroxylation is 1. The third-order valence-corrected chi connectivity index (χ3v) is 5.45. The van der Waals surface area contributed by atoms with Crippen molar-refractivity contribution in [1.29, 1.82) is 5.41 Å². The molecule has 0 saturated carbocycles. The summed E-state index contributed by atoms with van der Waals surface area (Å²) in [5.74, 6) is -1.04. The molecule has 36 heavy (non-hydrogen) atoms. The average Bonchev–Trinajstić information content (AvgIpc) is 3.15. The lowest BCUT2D eigenvalue weighted by Crippen LogP contribution is -2.28. The first-order chi connectivity index (χ1) is 17.0. The van der Waals surface area contributed by atoms with Crippen LogP contribution in [0.3, 0.4) is 0 Å². The molecule has 0 fully saturated rings. The maximum Gasteiger partial charge on any atom is 0.433 e. The minimum absolute atomic E-state index is 0.0940. The van der Waals surface area contributed by atoms with Crippen molar-refractivity contribution in [3.63, 3.8) is 0 Å². The van der Waals surface area contributed by atoms with Gasteiger partial charge in [0.2, 0.25) is 5.62 Å². The number of nitrogens with one attached hydrogen (secondary N) is 2. The molecule has 0 aliphatic rings. The SMILES string of the molecule is C[C@H](NC(=O)c1cc(Cn2ccn(C)c2=N)cc(-c2cccnc2C(F)(F)F)c1)c1ncc(F)cn1. The van der Waals surface area contributed by atoms with E-state index in [0.29, 0.717) is 5.56 Å². The number of rotatable bonds is 6. The van der Waals surface area contributed by atoms with Gasteiger partial charge in [0.25, 0.3) is 5.91 Å². The van der Waals surface area contributed by atoms with E-state index in [1.54, 1.807) is 41.6 Å². The summed E-state index contributed by atoms with van der Waals surface area (Å²) in [6, 6.07) is 6.41. The number of aromatic nitrogens is 5. The lowest BCUT2D eigenvalue weighted by atomic mass is 9.97. The van der Waals surface area contributed by atoms with E-state index >= 15 is 0 Å². The molecule has 0 saturated heterocycles. The van der Waals surface area contributed by atoms with E-state index in [4.69, 9.17) is 5.41 Å². The van der Waals surface area contributed by atoms with Crippen molar-refractivity contribution in [3.05, 3.63) is 95.4 Å². The van der Waals surface area contributed by atoms with Crippen LogP contribution >= 0.6 is 0 Å². The number of hydrogen-bond acceptors (Lipinski definition) is 5. The zero-order chi connectivity index (χ0) is 26.0. The third kappa shape index (κ3) is 5.32. The molecule has 3 heterocycles. The van der Waals surface area contributed by atoms with Crippen LogP contribution in [0.2, 0.25) is 0 Å². The molecular formula is C24H21F4N7O. The highest BCUT2D eigenvalue weighted by molar-refractivity contribution is 5.96. The fourth-order valence-electron chi connectivity index (χ4n) is 3.67. The summed E-state index contributed by atoms with van der Waals surface area (Å²) in [5, 5.41) is 10.8. The van der Waals surface area contributed by atoms with Gasteiger partial charge in [-0.3, -0.25) is 15.2 Å². The van der Waals surface area contributed by atoms with E-state index < -0.39 is 29.6 Å². The minimum Gasteiger partial charge on any atom is -0.342 e. The molecule has 0 aliphatic carbocycles. The fourth-order valence-corrected chi connectivity index (χ4v) is 3.67. The number of nitrogens with zero attached hydrogens (tertiary/aromatic N) is 5. The van der Waals surface area contributed by atoms with Gasteiger partial charge in [-0.1, -0.05) is 6.07 Å². The van der Waals surface area contributed by atoms with Gasteiger partial charge < -0.3 is 14.5 Å². The molecule has 4 aromatic rings. The van der Waals surface area contributed by atoms with Gasteiger partial charge in [-0.15, -0.1) is 0 Å². The van der Waals surface area contributed by atoms with Crippen molar-refractivity contribution in [2.24, 2.45) is 7.05 Å². The number of carbonyl (C=O) groups excluding carboxylic acids is 1. The molecule has 1 aromatic carbocycles. The van der Waals surface area contributed by atoms with E-state index in [-0.39, 0.29) is 34.7 Å². The van der Waals surface area contributed by atoms with E-state index in [1.807, 2.05) is 0 Å². The van der Waals surface area contributed by atoms with Crippen LogP contribution in [-0.4, -0.2) is 30.0 Å². The Morgan fingerprint density at radius 2 is 1.86 bits per heavy atom. The van der Waals surface area contributed by atoms with E-state index in [2.05, 4.69) is 20.3 Å². The standard InChI is InChI=1S/C24H21F4N7O/c1-14(21-31-11-18(25)12-32-21)33-22(36)17-9-15(13-35-7-6-34(2)23(35)29)8-16(10-17)19-4-3-5-30-20(19)24(26,27)28/h3-12,14,29H,13H2,1-2H3,(H,33,36)/t14-/m0/s1. The first-order valence-electron chi connectivity index (χ1n) is 10.7. The number of amides is 1. The van der Waals surface area contributed by atoms with E-state index in [9.17, 15) is 22.4 Å². The molecule has 0 aliphatic heterocycles. The zero-order valence-electron chi connectivity index (χ0n) is 19.2. The molecule has 186 valence electrons. The number of carbonyl (C=O) groups is 1. The maximum atomic E-state index is 13.7. The van der Waals surface area contributed by atoms with Crippen LogP contribution in [0, 0.1) is 11.2 Å². The van der Waals surface area contributed by atoms with Crippen molar-refractivity contribution >= 4 is 5.91 Å². The van der Waals surface area contributed by atoms with Gasteiger partial charge in [-0.2, -0.15) is 13.2 Å². The van der Waals surface area contributed by atoms with E-state index in [0.717, 1.165) is 18.6 Å². The summed E-state index contributed by atoms with van der Waals surface area (Å²) >= 11 is 0. The van der Waals surface area contributed by atoms with Crippen molar-refractivity contribution in [3.8, 4) is 11.1 Å². The van der Waals surface area contributed by atoms with Crippen molar-refractivity contribution < 1.29 is 22.4 Å². The van der Waals surface area contributed by atoms with Crippen LogP contribution in [0.25, 0.3) is 11.1 Å². The summed E-state index contributed by atoms with van der Waals surface area (Å²) in [4.78, 5) is 24.3. The Labute approximate surface area is 202 Å². The summed E-state index contributed by atoms with van der Waals surface area (Å²) in [7, 11) is 1.69. The largest absolute Gasteiger partial charge is 0.433 e. The van der Waals surface area contributed by atoms with Gasteiger partial charge >= 0.3 is 6.18 Å². The predicted molar refractivity (Wildman–Crippen MR) is 121 cm³/mol. The number of alkyl halides is 3. The first-order valence-corrected chi connectivity index (χ1v) is 10.7. The van der Waals surface area contributed by atoms with Crippen LogP contribution in [0.5, 0.6) is 0 Å². The van der Waals surface area contributed by atoms with E-state index in [1.165, 1.54) is 24.3 Å². The Bertz CT molecular complexity index is 1460. The Kier molecular flexibility index (Phi) is 6.69. The number of benzene rings is 1. The molecule has 3 aromatic heterocycles. The molecule has 12 heteroatoms. The number of pyridine rings is 1. The summed E-state index contributed by atoms with van der Waals surface area (Å²) in [6.07, 6.45) is 1.63. The Balaban J connectivity index is 1.76. The highest BCUT2D eigenvalue weighted by atomic mass is 19.4. The topological polar surface area (TPSA) is 101 Å². The van der Waals surface area contributed by atoms with Crippen molar-refractivity contribution in [1.82, 2.24) is 29.4 Å². The molecule has 4 rings (SSSR count). The van der Waals surface area contributed by atoms with Crippen LogP contribution in [0.4, 0.5) is 17.6 Å². The number of imidazole rings is 1. The van der Waals surface area contributed by atoms with Crippen LogP contribution in [0.1, 0.15) is 40.4 Å². The quantitative estimate of drug-likeness (QED) is 0.394. The summed E-state index contributed by atoms with van der Waals surface area (Å²) < 4.78 is 57.3. The Morgan fingerprint density at radius 1 is 1.14 bits per heavy atom. The van der Waals surface area contributed by atoms with Gasteiger partial charge in [0.05, 0.1) is 25.0 Å². The normalized spacial score (nSPS) is 12.4. The lowest BCUT2D eigenvalue weighted by Gasteiger charge is -2.16. The summed E-state index contributed by atoms with van der Waals surface area (Å²) in [5.41, 5.74) is -0.339. The second kappa shape index (κ2) is 9.72. The van der Waals surface area contributed by atoms with Gasteiger partial charge in [0, 0.05) is 36.8 Å². The molecule has 0 unspecified atom stereocenters. The van der Waals surface area contributed by atoms with Gasteiger partial charge in [0.15, 0.2) is 11.5 Å². The number of halogens is 4. The highest BCUT2D eigenvalue weighted by Crippen LogP contribution is 2.36. The zero-order valence-corrected chi connectivity index (χ0v) is 19.2. The van der Waals surface area contributed by atoms with Gasteiger partial charge in [0.1, 0.15) is 5.82 Å². The highest BCUT2D eigenvalue weighted by Gasteiger charge is 2.35. The van der Waals surface area contributed by atoms with Crippen LogP contribution in [-0.2, 0) is 19.8 Å². The fraction of sp³-hybridized carbons (Fsp3) is 0.208. The Hall–Kier alpha value is -4.35. The second-order valence-electron chi connectivity index (χ2n) is 8.13. The van der Waals surface area contributed by atoms with Crippen molar-refractivity contribution in [2.45, 2.75) is 25.7 Å². The molecule has 1 atom stereocenters. The van der Waals surface area contributed by atoms with Gasteiger partial charge in [-0.25, -0.2) is 14.4 Å². The van der Waals surface area contributed by atoms with Crippen LogP contribution in [0.15, 0.2) is 61.3 Å². The molecule has 0 spiro atoms. The monoisotopic (exact) mass is 499 g/mol. The summed E-state index contributed by atoms with van der Waals surface area (Å²) in [6.45, 7) is 1.75. The smallest absolute Gasteiger partial charge is 0.342 e. The minimum atomic E-state index is -4.70. The molecule has 0 radical (unpaired) electrons. The second-order valence-corrected chi connectivity index (χ2v) is 8.13. The van der Waals surface area contributed by atoms with Crippen LogP contribution < -0.4 is 10.9 Å². The first kappa shape index (κ1) is 24.8. The molecule has 0 bridgehead atoms. The molecule has 2 N–H and O–H groups in total. The molecule has 1 amide bonds. The van der Waals surface area contributed by atoms with Crippen molar-refractivity contribution in [2.75, 3.05) is 0 Å². The maximum absolute atomic E-state index is 13.7.